The molecule has 0 aromatic heterocycles. The first kappa shape index (κ1) is 21.2. The molecular weight excluding hydrogens is 260 g/mol. The van der Waals surface area contributed by atoms with Crippen LogP contribution in [0.2, 0.25) is 0 Å². The van der Waals surface area contributed by atoms with E-state index < -0.39 is 17.9 Å². The lowest BCUT2D eigenvalue weighted by atomic mass is 9.97. The van der Waals surface area contributed by atoms with Crippen LogP contribution < -0.4 is 11.5 Å². The fourth-order valence-corrected chi connectivity index (χ4v) is 1.69. The molecule has 1 unspecified atom stereocenters. The van der Waals surface area contributed by atoms with Crippen LogP contribution in [-0.2, 0) is 9.59 Å². The summed E-state index contributed by atoms with van der Waals surface area (Å²) in [4.78, 5) is 21.2. The SMILES string of the molecule is CCCCCCCCC(CC(=O)O)C(=O)O.NCCN. The minimum Gasteiger partial charge on any atom is -0.481 e. The number of rotatable bonds is 11. The van der Waals surface area contributed by atoms with Crippen molar-refractivity contribution in [1.82, 2.24) is 0 Å². The van der Waals surface area contributed by atoms with Gasteiger partial charge in [-0.3, -0.25) is 9.59 Å². The van der Waals surface area contributed by atoms with E-state index in [-0.39, 0.29) is 6.42 Å². The molecule has 0 saturated heterocycles. The number of unbranched alkanes of at least 4 members (excludes halogenated alkanes) is 5. The van der Waals surface area contributed by atoms with Gasteiger partial charge in [-0.25, -0.2) is 0 Å². The first-order chi connectivity index (χ1) is 9.49. The van der Waals surface area contributed by atoms with Crippen LogP contribution in [-0.4, -0.2) is 35.2 Å². The topological polar surface area (TPSA) is 127 Å². The second-order valence-electron chi connectivity index (χ2n) is 4.77. The Labute approximate surface area is 121 Å². The molecule has 0 amide bonds. The molecule has 0 aromatic rings. The van der Waals surface area contributed by atoms with Crippen molar-refractivity contribution in [3.63, 3.8) is 0 Å². The molecule has 0 fully saturated rings. The Kier molecular flexibility index (Phi) is 16.8. The summed E-state index contributed by atoms with van der Waals surface area (Å²) in [6.45, 7) is 3.34. The molecule has 0 radical (unpaired) electrons. The molecule has 0 saturated carbocycles. The van der Waals surface area contributed by atoms with Crippen LogP contribution in [0.4, 0.5) is 0 Å². The molecule has 6 nitrogen and oxygen atoms in total. The van der Waals surface area contributed by atoms with Crippen molar-refractivity contribution in [2.24, 2.45) is 17.4 Å². The second-order valence-corrected chi connectivity index (χ2v) is 4.77. The zero-order valence-electron chi connectivity index (χ0n) is 12.5. The number of hydrogen-bond donors (Lipinski definition) is 4. The van der Waals surface area contributed by atoms with Gasteiger partial charge in [0, 0.05) is 13.1 Å². The zero-order valence-corrected chi connectivity index (χ0v) is 12.5. The number of carboxylic acids is 2. The third-order valence-corrected chi connectivity index (χ3v) is 2.84. The summed E-state index contributed by atoms with van der Waals surface area (Å²) < 4.78 is 0. The summed E-state index contributed by atoms with van der Waals surface area (Å²) in [6, 6.07) is 0. The predicted octanol–water partition coefficient (Wildman–Crippen LogP) is 1.82. The van der Waals surface area contributed by atoms with Crippen LogP contribution in [0.25, 0.3) is 0 Å². The van der Waals surface area contributed by atoms with Gasteiger partial charge in [-0.1, -0.05) is 45.4 Å². The molecule has 0 bridgehead atoms. The summed E-state index contributed by atoms with van der Waals surface area (Å²) in [6.07, 6.45) is 6.75. The van der Waals surface area contributed by atoms with Crippen LogP contribution in [0, 0.1) is 5.92 Å². The van der Waals surface area contributed by atoms with Gasteiger partial charge in [-0.05, 0) is 6.42 Å². The fraction of sp³-hybridized carbons (Fsp3) is 0.857. The monoisotopic (exact) mass is 290 g/mol. The lowest BCUT2D eigenvalue weighted by molar-refractivity contribution is -0.148. The highest BCUT2D eigenvalue weighted by Gasteiger charge is 2.19. The van der Waals surface area contributed by atoms with E-state index in [0.717, 1.165) is 19.3 Å². The number of aliphatic carboxylic acids is 2. The highest BCUT2D eigenvalue weighted by Crippen LogP contribution is 2.15. The molecule has 0 rings (SSSR count). The van der Waals surface area contributed by atoms with Gasteiger partial charge in [0.2, 0.25) is 0 Å². The predicted molar refractivity (Wildman–Crippen MR) is 79.5 cm³/mol. The van der Waals surface area contributed by atoms with Crippen LogP contribution in [0.5, 0.6) is 0 Å². The van der Waals surface area contributed by atoms with E-state index in [9.17, 15) is 9.59 Å². The van der Waals surface area contributed by atoms with E-state index in [4.69, 9.17) is 21.7 Å². The fourth-order valence-electron chi connectivity index (χ4n) is 1.69. The number of carboxylic acid groups (broad SMARTS) is 2. The smallest absolute Gasteiger partial charge is 0.307 e. The normalized spacial score (nSPS) is 11.3. The quantitative estimate of drug-likeness (QED) is 0.430. The summed E-state index contributed by atoms with van der Waals surface area (Å²) >= 11 is 0. The van der Waals surface area contributed by atoms with E-state index >= 15 is 0 Å². The number of carbonyl (C=O) groups is 2. The minimum absolute atomic E-state index is 0.260. The third kappa shape index (κ3) is 16.9. The van der Waals surface area contributed by atoms with Gasteiger partial charge in [0.15, 0.2) is 0 Å². The van der Waals surface area contributed by atoms with Crippen molar-refractivity contribution in [1.29, 1.82) is 0 Å². The molecule has 0 aliphatic heterocycles. The maximum Gasteiger partial charge on any atom is 0.307 e. The molecule has 6 N–H and O–H groups in total. The maximum absolute atomic E-state index is 10.7. The van der Waals surface area contributed by atoms with Crippen molar-refractivity contribution >= 4 is 11.9 Å². The molecule has 1 atom stereocenters. The van der Waals surface area contributed by atoms with Crippen molar-refractivity contribution in [3.05, 3.63) is 0 Å². The maximum atomic E-state index is 10.7. The lowest BCUT2D eigenvalue weighted by Crippen LogP contribution is -2.17. The van der Waals surface area contributed by atoms with Gasteiger partial charge in [0.25, 0.3) is 0 Å². The standard InChI is InChI=1S/C12H22O4.C2H8N2/c1-2-3-4-5-6-7-8-10(12(15)16)9-11(13)14;3-1-2-4/h10H,2-9H2,1H3,(H,13,14)(H,15,16);1-4H2. The third-order valence-electron chi connectivity index (χ3n) is 2.84. The van der Waals surface area contributed by atoms with Gasteiger partial charge in [0.1, 0.15) is 0 Å². The Morgan fingerprint density at radius 1 is 0.950 bits per heavy atom. The molecule has 0 heterocycles. The van der Waals surface area contributed by atoms with E-state index in [2.05, 4.69) is 6.92 Å². The van der Waals surface area contributed by atoms with E-state index in [0.29, 0.717) is 19.5 Å². The largest absolute Gasteiger partial charge is 0.481 e. The molecule has 6 heteroatoms. The van der Waals surface area contributed by atoms with Gasteiger partial charge in [-0.15, -0.1) is 0 Å². The molecule has 20 heavy (non-hydrogen) atoms. The molecular formula is C14H30N2O4. The second kappa shape index (κ2) is 15.9. The molecule has 0 aliphatic carbocycles. The lowest BCUT2D eigenvalue weighted by Gasteiger charge is -2.09. The van der Waals surface area contributed by atoms with Gasteiger partial charge >= 0.3 is 11.9 Å². The Morgan fingerprint density at radius 3 is 1.85 bits per heavy atom. The molecule has 0 spiro atoms. The Balaban J connectivity index is 0. The molecule has 0 aliphatic rings. The van der Waals surface area contributed by atoms with E-state index in [1.54, 1.807) is 0 Å². The first-order valence-electron chi connectivity index (χ1n) is 7.34. The number of nitrogens with two attached hydrogens (primary N) is 2. The minimum atomic E-state index is -1.03. The van der Waals surface area contributed by atoms with Crippen LogP contribution in [0.1, 0.15) is 58.3 Å². The van der Waals surface area contributed by atoms with Gasteiger partial charge < -0.3 is 21.7 Å². The van der Waals surface area contributed by atoms with Gasteiger partial charge in [0.05, 0.1) is 12.3 Å². The van der Waals surface area contributed by atoms with Crippen molar-refractivity contribution in [2.45, 2.75) is 58.3 Å². The summed E-state index contributed by atoms with van der Waals surface area (Å²) in [5, 5.41) is 17.3. The van der Waals surface area contributed by atoms with Crippen molar-refractivity contribution in [2.75, 3.05) is 13.1 Å². The first-order valence-corrected chi connectivity index (χ1v) is 7.34. The Bertz CT molecular complexity index is 245. The highest BCUT2D eigenvalue weighted by atomic mass is 16.4. The van der Waals surface area contributed by atoms with Gasteiger partial charge in [-0.2, -0.15) is 0 Å². The summed E-state index contributed by atoms with van der Waals surface area (Å²) in [5.74, 6) is -2.74. The molecule has 120 valence electrons. The summed E-state index contributed by atoms with van der Waals surface area (Å²) in [5.41, 5.74) is 9.81. The van der Waals surface area contributed by atoms with Crippen molar-refractivity contribution in [3.8, 4) is 0 Å². The van der Waals surface area contributed by atoms with E-state index in [1.807, 2.05) is 0 Å². The Hall–Kier alpha value is -1.14. The Morgan fingerprint density at radius 2 is 1.45 bits per heavy atom. The van der Waals surface area contributed by atoms with Crippen LogP contribution >= 0.6 is 0 Å². The number of hydrogen-bond acceptors (Lipinski definition) is 4. The highest BCUT2D eigenvalue weighted by molar-refractivity contribution is 5.77. The average molecular weight is 290 g/mol. The van der Waals surface area contributed by atoms with Crippen LogP contribution in [0.15, 0.2) is 0 Å². The zero-order chi connectivity index (χ0) is 15.8. The average Bonchev–Trinajstić information content (AvgIpc) is 2.41. The summed E-state index contributed by atoms with van der Waals surface area (Å²) in [7, 11) is 0. The van der Waals surface area contributed by atoms with E-state index in [1.165, 1.54) is 19.3 Å². The molecule has 0 aromatic carbocycles. The van der Waals surface area contributed by atoms with Crippen molar-refractivity contribution < 1.29 is 19.8 Å². The van der Waals surface area contributed by atoms with Crippen LogP contribution in [0.3, 0.4) is 0 Å².